The number of rotatable bonds is 6. The minimum atomic E-state index is -4.15. The zero-order valence-corrected chi connectivity index (χ0v) is 19.8. The van der Waals surface area contributed by atoms with Crippen molar-refractivity contribution in [1.29, 1.82) is 0 Å². The zero-order valence-electron chi connectivity index (χ0n) is 19.8. The minimum Gasteiger partial charge on any atom is -0.444 e. The maximum atomic E-state index is 14.2. The molecule has 10 heteroatoms. The molecular weight excluding hydrogens is 454 g/mol. The summed E-state index contributed by atoms with van der Waals surface area (Å²) in [5.41, 5.74) is -0.341. The van der Waals surface area contributed by atoms with Crippen LogP contribution in [0.5, 0.6) is 0 Å². The summed E-state index contributed by atoms with van der Waals surface area (Å²) in [6.45, 7) is 6.78. The first-order valence-electron chi connectivity index (χ1n) is 11.6. The molecule has 0 bridgehead atoms. The number of nitrogens with one attached hydrogen (secondary N) is 1. The van der Waals surface area contributed by atoms with Crippen LogP contribution in [-0.2, 0) is 16.0 Å². The third-order valence-corrected chi connectivity index (χ3v) is 6.29. The van der Waals surface area contributed by atoms with Crippen molar-refractivity contribution in [3.05, 3.63) is 35.6 Å². The maximum absolute atomic E-state index is 14.2. The first-order chi connectivity index (χ1) is 15.8. The summed E-state index contributed by atoms with van der Waals surface area (Å²) in [5, 5.41) is 2.68. The number of alkyl halides is 3. The second kappa shape index (κ2) is 10.5. The third-order valence-electron chi connectivity index (χ3n) is 6.29. The van der Waals surface area contributed by atoms with Gasteiger partial charge in [0.1, 0.15) is 11.4 Å². The number of likely N-dealkylation sites (tertiary alicyclic amines) is 2. The topological polar surface area (TPSA) is 61.9 Å². The molecule has 2 aliphatic heterocycles. The van der Waals surface area contributed by atoms with Gasteiger partial charge in [-0.25, -0.2) is 9.18 Å². The molecule has 34 heavy (non-hydrogen) atoms. The Labute approximate surface area is 197 Å². The van der Waals surface area contributed by atoms with Gasteiger partial charge >= 0.3 is 12.3 Å². The van der Waals surface area contributed by atoms with Crippen LogP contribution in [0.25, 0.3) is 0 Å². The molecule has 0 aliphatic carbocycles. The lowest BCUT2D eigenvalue weighted by molar-refractivity contribution is -0.187. The highest BCUT2D eigenvalue weighted by Crippen LogP contribution is 2.35. The Balaban J connectivity index is 1.54. The van der Waals surface area contributed by atoms with E-state index in [0.717, 1.165) is 0 Å². The van der Waals surface area contributed by atoms with E-state index < -0.39 is 35.6 Å². The molecule has 1 aromatic rings. The van der Waals surface area contributed by atoms with Crippen LogP contribution in [0.1, 0.15) is 45.6 Å². The van der Waals surface area contributed by atoms with E-state index in [1.54, 1.807) is 43.9 Å². The number of amides is 2. The van der Waals surface area contributed by atoms with E-state index >= 15 is 0 Å². The smallest absolute Gasteiger partial charge is 0.407 e. The Bertz CT molecular complexity index is 858. The van der Waals surface area contributed by atoms with Crippen LogP contribution in [0.3, 0.4) is 0 Å². The number of alkyl carbamates (subject to hydrolysis) is 1. The molecule has 1 unspecified atom stereocenters. The highest BCUT2D eigenvalue weighted by molar-refractivity contribution is 5.79. The van der Waals surface area contributed by atoms with Gasteiger partial charge in [0.15, 0.2) is 0 Å². The number of benzene rings is 1. The Morgan fingerprint density at radius 1 is 1.12 bits per heavy atom. The van der Waals surface area contributed by atoms with Crippen molar-refractivity contribution < 1.29 is 31.9 Å². The van der Waals surface area contributed by atoms with E-state index in [1.165, 1.54) is 6.07 Å². The number of carbonyl (C=O) groups excluding carboxylic acids is 2. The van der Waals surface area contributed by atoms with Crippen molar-refractivity contribution >= 4 is 12.0 Å². The van der Waals surface area contributed by atoms with Crippen LogP contribution in [0, 0.1) is 11.7 Å². The summed E-state index contributed by atoms with van der Waals surface area (Å²) in [5.74, 6) is -1.87. The predicted molar refractivity (Wildman–Crippen MR) is 119 cm³/mol. The van der Waals surface area contributed by atoms with Gasteiger partial charge in [-0.2, -0.15) is 13.2 Å². The average Bonchev–Trinajstić information content (AvgIpc) is 2.66. The number of hydrogen-bond donors (Lipinski definition) is 1. The lowest BCUT2D eigenvalue weighted by Crippen LogP contribution is -2.63. The van der Waals surface area contributed by atoms with Crippen LogP contribution >= 0.6 is 0 Å². The largest absolute Gasteiger partial charge is 0.444 e. The minimum absolute atomic E-state index is 0.0313. The molecule has 2 heterocycles. The summed E-state index contributed by atoms with van der Waals surface area (Å²) in [7, 11) is 0. The number of nitrogens with zero attached hydrogens (tertiary/aromatic N) is 2. The molecule has 1 aromatic carbocycles. The van der Waals surface area contributed by atoms with E-state index in [0.29, 0.717) is 31.7 Å². The molecule has 0 spiro atoms. The normalized spacial score (nSPS) is 19.4. The first kappa shape index (κ1) is 26.2. The molecule has 3 rings (SSSR count). The van der Waals surface area contributed by atoms with E-state index in [4.69, 9.17) is 4.74 Å². The fourth-order valence-electron chi connectivity index (χ4n) is 4.40. The molecule has 0 saturated carbocycles. The number of piperidine rings is 1. The van der Waals surface area contributed by atoms with Crippen LogP contribution < -0.4 is 5.32 Å². The van der Waals surface area contributed by atoms with Gasteiger partial charge in [-0.3, -0.25) is 9.69 Å². The standard InChI is InChI=1S/C24H33F4N3O3/c1-23(2,3)34-22(33)29-18(12-16-6-4-5-7-20(16)25)13-21(32)31-14-19(15-31)30-10-8-17(9-11-30)24(26,27)28/h4-7,17-19H,8-15H2,1-3H3,(H,29,33). The van der Waals surface area contributed by atoms with Gasteiger partial charge in [0, 0.05) is 31.6 Å². The van der Waals surface area contributed by atoms with Gasteiger partial charge in [0.05, 0.1) is 5.92 Å². The SMILES string of the molecule is CC(C)(C)OC(=O)NC(CC(=O)N1CC(N2CCC(C(F)(F)F)CC2)C1)Cc1ccccc1F. The summed E-state index contributed by atoms with van der Waals surface area (Å²) in [6.07, 6.45) is -4.58. The molecule has 2 amide bonds. The second-order valence-corrected chi connectivity index (χ2v) is 10.1. The second-order valence-electron chi connectivity index (χ2n) is 10.1. The van der Waals surface area contributed by atoms with Crippen molar-refractivity contribution in [3.8, 4) is 0 Å². The molecule has 1 atom stereocenters. The monoisotopic (exact) mass is 487 g/mol. The van der Waals surface area contributed by atoms with Gasteiger partial charge in [-0.1, -0.05) is 18.2 Å². The Morgan fingerprint density at radius 3 is 2.29 bits per heavy atom. The molecule has 2 fully saturated rings. The molecule has 1 N–H and O–H groups in total. The van der Waals surface area contributed by atoms with Gasteiger partial charge in [-0.05, 0) is 64.8 Å². The lowest BCUT2D eigenvalue weighted by atomic mass is 9.93. The fourth-order valence-corrected chi connectivity index (χ4v) is 4.40. The maximum Gasteiger partial charge on any atom is 0.407 e. The van der Waals surface area contributed by atoms with Crippen LogP contribution in [0.15, 0.2) is 24.3 Å². The predicted octanol–water partition coefficient (Wildman–Crippen LogP) is 4.14. The van der Waals surface area contributed by atoms with Crippen LogP contribution in [0.4, 0.5) is 22.4 Å². The number of hydrogen-bond acceptors (Lipinski definition) is 4. The molecular formula is C24H33F4N3O3. The Morgan fingerprint density at radius 2 is 1.74 bits per heavy atom. The summed E-state index contributed by atoms with van der Waals surface area (Å²) >= 11 is 0. The summed E-state index contributed by atoms with van der Waals surface area (Å²) in [6, 6.07) is 5.56. The van der Waals surface area contributed by atoms with Crippen molar-refractivity contribution in [3.63, 3.8) is 0 Å². The number of ether oxygens (including phenoxy) is 1. The zero-order chi connectivity index (χ0) is 25.1. The van der Waals surface area contributed by atoms with E-state index in [2.05, 4.69) is 5.32 Å². The van der Waals surface area contributed by atoms with Crippen molar-refractivity contribution in [2.24, 2.45) is 5.92 Å². The highest BCUT2D eigenvalue weighted by atomic mass is 19.4. The van der Waals surface area contributed by atoms with Crippen LogP contribution in [0.2, 0.25) is 0 Å². The lowest BCUT2D eigenvalue weighted by Gasteiger charge is -2.48. The average molecular weight is 488 g/mol. The summed E-state index contributed by atoms with van der Waals surface area (Å²) in [4.78, 5) is 28.8. The van der Waals surface area contributed by atoms with Gasteiger partial charge in [0.2, 0.25) is 5.91 Å². The van der Waals surface area contributed by atoms with Crippen molar-refractivity contribution in [2.75, 3.05) is 26.2 Å². The molecule has 0 radical (unpaired) electrons. The molecule has 2 aliphatic rings. The number of halogens is 4. The Kier molecular flexibility index (Phi) is 8.10. The van der Waals surface area contributed by atoms with E-state index in [9.17, 15) is 27.2 Å². The van der Waals surface area contributed by atoms with E-state index in [1.807, 2.05) is 4.90 Å². The Hall–Kier alpha value is -2.36. The van der Waals surface area contributed by atoms with Crippen molar-refractivity contribution in [1.82, 2.24) is 15.1 Å². The molecule has 2 saturated heterocycles. The fraction of sp³-hybridized carbons (Fsp3) is 0.667. The number of carbonyl (C=O) groups is 2. The van der Waals surface area contributed by atoms with Gasteiger partial charge in [-0.15, -0.1) is 0 Å². The molecule has 0 aromatic heterocycles. The quantitative estimate of drug-likeness (QED) is 0.613. The molecule has 190 valence electrons. The molecule has 6 nitrogen and oxygen atoms in total. The van der Waals surface area contributed by atoms with Crippen LogP contribution in [-0.4, -0.2) is 71.8 Å². The van der Waals surface area contributed by atoms with Gasteiger partial charge < -0.3 is 15.0 Å². The van der Waals surface area contributed by atoms with Gasteiger partial charge in [0.25, 0.3) is 0 Å². The first-order valence-corrected chi connectivity index (χ1v) is 11.6. The highest BCUT2D eigenvalue weighted by Gasteiger charge is 2.44. The third kappa shape index (κ3) is 7.32. The van der Waals surface area contributed by atoms with Crippen molar-refractivity contribution in [2.45, 2.75) is 70.3 Å². The summed E-state index contributed by atoms with van der Waals surface area (Å²) < 4.78 is 58.1. The van der Waals surface area contributed by atoms with E-state index in [-0.39, 0.29) is 37.6 Å².